The van der Waals surface area contributed by atoms with Gasteiger partial charge in [-0.2, -0.15) is 0 Å². The Morgan fingerprint density at radius 2 is 2.09 bits per heavy atom. The number of H-pyrrole nitrogens is 2. The van der Waals surface area contributed by atoms with Crippen molar-refractivity contribution in [3.63, 3.8) is 0 Å². The molecule has 3 aromatic rings. The SMILES string of the molecule is CC(C)(C)c1nc(SCc2nc3ccc([N+](=O)[O-])cc3[nH]2)n[nH]1. The molecule has 0 saturated carbocycles. The van der Waals surface area contributed by atoms with Crippen molar-refractivity contribution in [1.29, 1.82) is 0 Å². The Labute approximate surface area is 136 Å². The fourth-order valence-electron chi connectivity index (χ4n) is 2.01. The quantitative estimate of drug-likeness (QED) is 0.431. The van der Waals surface area contributed by atoms with Crippen molar-refractivity contribution in [1.82, 2.24) is 25.1 Å². The summed E-state index contributed by atoms with van der Waals surface area (Å²) in [6.07, 6.45) is 0. The Balaban J connectivity index is 1.74. The molecular weight excluding hydrogens is 316 g/mol. The Bertz CT molecular complexity index is 864. The van der Waals surface area contributed by atoms with Gasteiger partial charge in [0.05, 0.1) is 21.7 Å². The second kappa shape index (κ2) is 5.65. The van der Waals surface area contributed by atoms with E-state index in [4.69, 9.17) is 0 Å². The number of nitro benzene ring substituents is 1. The first kappa shape index (κ1) is 15.5. The van der Waals surface area contributed by atoms with Crippen LogP contribution in [-0.2, 0) is 11.2 Å². The van der Waals surface area contributed by atoms with Crippen LogP contribution in [0.15, 0.2) is 23.4 Å². The van der Waals surface area contributed by atoms with Gasteiger partial charge in [-0.25, -0.2) is 9.97 Å². The zero-order chi connectivity index (χ0) is 16.6. The molecule has 9 heteroatoms. The predicted molar refractivity (Wildman–Crippen MR) is 87.4 cm³/mol. The summed E-state index contributed by atoms with van der Waals surface area (Å²) in [7, 11) is 0. The molecule has 0 atom stereocenters. The van der Waals surface area contributed by atoms with E-state index in [1.807, 2.05) is 0 Å². The molecule has 0 unspecified atom stereocenters. The van der Waals surface area contributed by atoms with Gasteiger partial charge in [0.25, 0.3) is 5.69 Å². The molecule has 2 heterocycles. The van der Waals surface area contributed by atoms with Crippen LogP contribution in [0.5, 0.6) is 0 Å². The molecule has 0 aliphatic carbocycles. The first-order valence-corrected chi connectivity index (χ1v) is 8.00. The number of nitrogens with zero attached hydrogens (tertiary/aromatic N) is 4. The van der Waals surface area contributed by atoms with E-state index >= 15 is 0 Å². The van der Waals surface area contributed by atoms with E-state index in [1.54, 1.807) is 6.07 Å². The Morgan fingerprint density at radius 3 is 2.74 bits per heavy atom. The molecular formula is C14H16N6O2S. The van der Waals surface area contributed by atoms with Crippen LogP contribution in [0.1, 0.15) is 32.4 Å². The largest absolute Gasteiger partial charge is 0.341 e. The van der Waals surface area contributed by atoms with Gasteiger partial charge in [0.15, 0.2) is 0 Å². The molecule has 2 N–H and O–H groups in total. The van der Waals surface area contributed by atoms with Gasteiger partial charge in [-0.05, 0) is 6.07 Å². The molecule has 0 saturated heterocycles. The lowest BCUT2D eigenvalue weighted by Crippen LogP contribution is -2.13. The van der Waals surface area contributed by atoms with Gasteiger partial charge in [0.2, 0.25) is 5.16 Å². The van der Waals surface area contributed by atoms with Crippen LogP contribution in [0.2, 0.25) is 0 Å². The number of hydrogen-bond acceptors (Lipinski definition) is 6. The highest BCUT2D eigenvalue weighted by Gasteiger charge is 2.19. The second-order valence-corrected chi connectivity index (χ2v) is 7.09. The Morgan fingerprint density at radius 1 is 1.30 bits per heavy atom. The average Bonchev–Trinajstić information content (AvgIpc) is 3.10. The maximum Gasteiger partial charge on any atom is 0.271 e. The van der Waals surface area contributed by atoms with Crippen molar-refractivity contribution in [2.24, 2.45) is 0 Å². The van der Waals surface area contributed by atoms with Crippen LogP contribution in [0.25, 0.3) is 11.0 Å². The van der Waals surface area contributed by atoms with E-state index in [0.29, 0.717) is 21.9 Å². The van der Waals surface area contributed by atoms with Crippen molar-refractivity contribution in [3.05, 3.63) is 40.0 Å². The number of rotatable bonds is 4. The lowest BCUT2D eigenvalue weighted by atomic mass is 9.96. The number of imidazole rings is 1. The molecule has 0 spiro atoms. The molecule has 3 rings (SSSR count). The number of nitro groups is 1. The van der Waals surface area contributed by atoms with Crippen LogP contribution in [0, 0.1) is 10.1 Å². The summed E-state index contributed by atoms with van der Waals surface area (Å²) in [5, 5.41) is 18.6. The maximum atomic E-state index is 10.8. The summed E-state index contributed by atoms with van der Waals surface area (Å²) in [6.45, 7) is 6.19. The van der Waals surface area contributed by atoms with Crippen molar-refractivity contribution >= 4 is 28.5 Å². The predicted octanol–water partition coefficient (Wildman–Crippen LogP) is 3.18. The van der Waals surface area contributed by atoms with Crippen LogP contribution >= 0.6 is 11.8 Å². The molecule has 8 nitrogen and oxygen atoms in total. The number of aromatic nitrogens is 5. The van der Waals surface area contributed by atoms with Gasteiger partial charge in [0.1, 0.15) is 11.6 Å². The molecule has 0 aliphatic rings. The Hall–Kier alpha value is -2.42. The van der Waals surface area contributed by atoms with Gasteiger partial charge in [-0.15, -0.1) is 5.10 Å². The summed E-state index contributed by atoms with van der Waals surface area (Å²) in [4.78, 5) is 22.3. The smallest absolute Gasteiger partial charge is 0.271 e. The summed E-state index contributed by atoms with van der Waals surface area (Å²) in [6, 6.07) is 4.58. The van der Waals surface area contributed by atoms with Crippen LogP contribution in [0.4, 0.5) is 5.69 Å². The molecule has 0 amide bonds. The minimum Gasteiger partial charge on any atom is -0.341 e. The maximum absolute atomic E-state index is 10.8. The monoisotopic (exact) mass is 332 g/mol. The standard InChI is InChI=1S/C14H16N6O2S/c1-14(2,3)12-17-13(19-18-12)23-7-11-15-9-5-4-8(20(21)22)6-10(9)16-11/h4-6H,7H2,1-3H3,(H,15,16)(H,17,18,19). The summed E-state index contributed by atoms with van der Waals surface area (Å²) in [5.74, 6) is 2.12. The highest BCUT2D eigenvalue weighted by Crippen LogP contribution is 2.24. The number of non-ortho nitro benzene ring substituents is 1. The zero-order valence-electron chi connectivity index (χ0n) is 13.0. The number of benzene rings is 1. The van der Waals surface area contributed by atoms with Crippen molar-refractivity contribution in [3.8, 4) is 0 Å². The molecule has 0 aliphatic heterocycles. The van der Waals surface area contributed by atoms with E-state index in [1.165, 1.54) is 23.9 Å². The lowest BCUT2D eigenvalue weighted by Gasteiger charge is -2.12. The normalized spacial score (nSPS) is 12.0. The topological polar surface area (TPSA) is 113 Å². The van der Waals surface area contributed by atoms with Gasteiger partial charge in [0, 0.05) is 17.5 Å². The fraction of sp³-hybridized carbons (Fsp3) is 0.357. The molecule has 2 aromatic heterocycles. The first-order chi connectivity index (χ1) is 10.8. The number of aromatic amines is 2. The van der Waals surface area contributed by atoms with E-state index < -0.39 is 4.92 Å². The summed E-state index contributed by atoms with van der Waals surface area (Å²) in [5.41, 5.74) is 1.32. The molecule has 0 radical (unpaired) electrons. The third kappa shape index (κ3) is 3.34. The first-order valence-electron chi connectivity index (χ1n) is 7.01. The molecule has 0 fully saturated rings. The summed E-state index contributed by atoms with van der Waals surface area (Å²) < 4.78 is 0. The van der Waals surface area contributed by atoms with Crippen molar-refractivity contribution in [2.45, 2.75) is 37.1 Å². The molecule has 120 valence electrons. The molecule has 1 aromatic carbocycles. The van der Waals surface area contributed by atoms with E-state index in [0.717, 1.165) is 11.6 Å². The molecule has 23 heavy (non-hydrogen) atoms. The number of hydrogen-bond donors (Lipinski definition) is 2. The summed E-state index contributed by atoms with van der Waals surface area (Å²) >= 11 is 1.46. The average molecular weight is 332 g/mol. The zero-order valence-corrected chi connectivity index (χ0v) is 13.8. The van der Waals surface area contributed by atoms with Crippen LogP contribution < -0.4 is 0 Å². The second-order valence-electron chi connectivity index (χ2n) is 6.15. The van der Waals surface area contributed by atoms with Gasteiger partial charge in [-0.1, -0.05) is 32.5 Å². The highest BCUT2D eigenvalue weighted by molar-refractivity contribution is 7.98. The third-order valence-corrected chi connectivity index (χ3v) is 4.10. The number of nitrogens with one attached hydrogen (secondary N) is 2. The van der Waals surface area contributed by atoms with Gasteiger partial charge >= 0.3 is 0 Å². The molecule has 0 bridgehead atoms. The minimum atomic E-state index is -0.420. The lowest BCUT2D eigenvalue weighted by molar-refractivity contribution is -0.384. The van der Waals surface area contributed by atoms with E-state index in [-0.39, 0.29) is 11.1 Å². The van der Waals surface area contributed by atoms with Gasteiger partial charge < -0.3 is 4.98 Å². The van der Waals surface area contributed by atoms with Crippen molar-refractivity contribution < 1.29 is 4.92 Å². The van der Waals surface area contributed by atoms with Crippen LogP contribution in [-0.4, -0.2) is 30.1 Å². The third-order valence-electron chi connectivity index (χ3n) is 3.24. The Kier molecular flexibility index (Phi) is 3.80. The van der Waals surface area contributed by atoms with Crippen molar-refractivity contribution in [2.75, 3.05) is 0 Å². The fourth-order valence-corrected chi connectivity index (χ4v) is 2.68. The van der Waals surface area contributed by atoms with Gasteiger partial charge in [-0.3, -0.25) is 15.2 Å². The number of fused-ring (bicyclic) bond motifs is 1. The van der Waals surface area contributed by atoms with E-state index in [2.05, 4.69) is 45.9 Å². The highest BCUT2D eigenvalue weighted by atomic mass is 32.2. The number of thioether (sulfide) groups is 1. The van der Waals surface area contributed by atoms with E-state index in [9.17, 15) is 10.1 Å². The minimum absolute atomic E-state index is 0.0455. The van der Waals surface area contributed by atoms with Crippen LogP contribution in [0.3, 0.4) is 0 Å².